The van der Waals surface area contributed by atoms with Crippen LogP contribution in [0.1, 0.15) is 0 Å². The zero-order valence-corrected chi connectivity index (χ0v) is 7.71. The van der Waals surface area contributed by atoms with Crippen molar-refractivity contribution >= 4 is 17.8 Å². The zero-order chi connectivity index (χ0) is 10.8. The van der Waals surface area contributed by atoms with E-state index in [9.17, 15) is 14.4 Å². The predicted molar refractivity (Wildman–Crippen MR) is 47.7 cm³/mol. The molecule has 1 saturated heterocycles. The Bertz CT molecular complexity index is 396. The quantitative estimate of drug-likeness (QED) is 0.543. The third-order valence-corrected chi connectivity index (χ3v) is 1.94. The Morgan fingerprint density at radius 3 is 2.53 bits per heavy atom. The average molecular weight is 208 g/mol. The number of hydrogen-bond donors (Lipinski definition) is 1. The van der Waals surface area contributed by atoms with Gasteiger partial charge in [-0.2, -0.15) is 0 Å². The van der Waals surface area contributed by atoms with Gasteiger partial charge in [-0.25, -0.2) is 9.78 Å². The Balaban J connectivity index is 2.14. The van der Waals surface area contributed by atoms with Gasteiger partial charge in [-0.3, -0.25) is 19.5 Å². The molecular weight excluding hydrogens is 200 g/mol. The Kier molecular flexibility index (Phi) is 2.20. The molecule has 0 unspecified atom stereocenters. The van der Waals surface area contributed by atoms with Crippen molar-refractivity contribution < 1.29 is 14.4 Å². The molecule has 2 rings (SSSR count). The number of piperazine rings is 1. The number of hydrogen-bond acceptors (Lipinski definition) is 4. The maximum atomic E-state index is 11.7. The maximum absolute atomic E-state index is 11.7. The first kappa shape index (κ1) is 9.38. The Labute approximate surface area is 84.7 Å². The highest BCUT2D eigenvalue weighted by Crippen LogP contribution is 1.99. The molecule has 3 amide bonds. The van der Waals surface area contributed by atoms with Crippen LogP contribution in [0.2, 0.25) is 0 Å². The van der Waals surface area contributed by atoms with E-state index in [-0.39, 0.29) is 13.1 Å². The van der Waals surface area contributed by atoms with Gasteiger partial charge in [0.15, 0.2) is 0 Å². The fourth-order valence-electron chi connectivity index (χ4n) is 1.31. The van der Waals surface area contributed by atoms with Gasteiger partial charge in [0.1, 0.15) is 19.4 Å². The monoisotopic (exact) mass is 208 g/mol. The lowest BCUT2D eigenvalue weighted by molar-refractivity contribution is -0.134. The second kappa shape index (κ2) is 3.52. The van der Waals surface area contributed by atoms with E-state index in [1.54, 1.807) is 0 Å². The molecule has 78 valence electrons. The molecule has 0 atom stereocenters. The topological polar surface area (TPSA) is 84.3 Å². The van der Waals surface area contributed by atoms with E-state index >= 15 is 0 Å². The van der Waals surface area contributed by atoms with Crippen LogP contribution in [0.15, 0.2) is 18.7 Å². The number of nitrogens with one attached hydrogen (secondary N) is 1. The summed E-state index contributed by atoms with van der Waals surface area (Å²) in [6, 6.07) is -0.435. The van der Waals surface area contributed by atoms with Crippen molar-refractivity contribution in [1.82, 2.24) is 19.8 Å². The molecule has 0 saturated carbocycles. The highest BCUT2D eigenvalue weighted by molar-refractivity contribution is 6.02. The van der Waals surface area contributed by atoms with Gasteiger partial charge in [0.25, 0.3) is 0 Å². The molecule has 0 spiro atoms. The van der Waals surface area contributed by atoms with E-state index in [1.807, 2.05) is 0 Å². The summed E-state index contributed by atoms with van der Waals surface area (Å²) in [5, 5.41) is 2.11. The summed E-state index contributed by atoms with van der Waals surface area (Å²) in [5.41, 5.74) is 0. The number of rotatable bonds is 0. The van der Waals surface area contributed by atoms with E-state index < -0.39 is 17.8 Å². The van der Waals surface area contributed by atoms with E-state index in [4.69, 9.17) is 0 Å². The minimum Gasteiger partial charge on any atom is -0.305 e. The molecule has 1 aromatic heterocycles. The normalized spacial score (nSPS) is 16.4. The fraction of sp³-hybridized carbons (Fsp3) is 0.250. The van der Waals surface area contributed by atoms with Crippen LogP contribution in [0.4, 0.5) is 4.79 Å². The number of nitrogens with zero attached hydrogens (tertiary/aromatic N) is 3. The van der Waals surface area contributed by atoms with E-state index in [0.717, 1.165) is 4.90 Å². The van der Waals surface area contributed by atoms with Crippen molar-refractivity contribution in [2.75, 3.05) is 13.1 Å². The van der Waals surface area contributed by atoms with Crippen LogP contribution in [0.3, 0.4) is 0 Å². The lowest BCUT2D eigenvalue weighted by Crippen LogP contribution is -2.54. The van der Waals surface area contributed by atoms with E-state index in [1.165, 1.54) is 23.3 Å². The number of aromatic nitrogens is 2. The molecule has 0 radical (unpaired) electrons. The summed E-state index contributed by atoms with van der Waals surface area (Å²) < 4.78 is 1.21. The summed E-state index contributed by atoms with van der Waals surface area (Å²) in [5.74, 6) is -0.945. The lowest BCUT2D eigenvalue weighted by Gasteiger charge is -2.25. The van der Waals surface area contributed by atoms with Gasteiger partial charge in [0, 0.05) is 12.4 Å². The van der Waals surface area contributed by atoms with Gasteiger partial charge in [0.05, 0.1) is 0 Å². The van der Waals surface area contributed by atoms with Crippen molar-refractivity contribution in [3.63, 3.8) is 0 Å². The summed E-state index contributed by atoms with van der Waals surface area (Å²) in [7, 11) is 0. The molecule has 1 fully saturated rings. The van der Waals surface area contributed by atoms with Crippen LogP contribution in [0.5, 0.6) is 0 Å². The third kappa shape index (κ3) is 1.85. The number of carbonyl (C=O) groups is 3. The largest absolute Gasteiger partial charge is 0.330 e. The molecule has 15 heavy (non-hydrogen) atoms. The molecule has 7 heteroatoms. The van der Waals surface area contributed by atoms with Gasteiger partial charge < -0.3 is 4.90 Å². The van der Waals surface area contributed by atoms with E-state index in [2.05, 4.69) is 10.3 Å². The molecule has 0 bridgehead atoms. The first-order valence-electron chi connectivity index (χ1n) is 4.27. The van der Waals surface area contributed by atoms with Gasteiger partial charge in [-0.05, 0) is 0 Å². The standard InChI is InChI=1S/C8H8N4O3/c13-6-3-12(4-7(14)10-6)8(15)11-2-1-9-5-11/h1-2,5H,3-4H2,(H,10,13,14). The highest BCUT2D eigenvalue weighted by atomic mass is 16.2. The minimum atomic E-state index is -0.472. The second-order valence-corrected chi connectivity index (χ2v) is 3.08. The minimum absolute atomic E-state index is 0.108. The molecule has 1 aromatic rings. The SMILES string of the molecule is O=C1CN(C(=O)n2ccnc2)CC(=O)N1. The van der Waals surface area contributed by atoms with Crippen LogP contribution in [0.25, 0.3) is 0 Å². The van der Waals surface area contributed by atoms with E-state index in [0.29, 0.717) is 0 Å². The van der Waals surface area contributed by atoms with Gasteiger partial charge in [0.2, 0.25) is 11.8 Å². The Morgan fingerprint density at radius 1 is 1.33 bits per heavy atom. The molecule has 0 aliphatic carbocycles. The molecule has 1 aliphatic heterocycles. The molecule has 2 heterocycles. The van der Waals surface area contributed by atoms with Gasteiger partial charge in [-0.1, -0.05) is 0 Å². The Morgan fingerprint density at radius 2 is 2.00 bits per heavy atom. The fourth-order valence-corrected chi connectivity index (χ4v) is 1.31. The van der Waals surface area contributed by atoms with Crippen LogP contribution in [-0.4, -0.2) is 45.4 Å². The summed E-state index contributed by atoms with van der Waals surface area (Å²) in [6.07, 6.45) is 4.22. The van der Waals surface area contributed by atoms with Crippen LogP contribution in [0, 0.1) is 0 Å². The van der Waals surface area contributed by atoms with Crippen molar-refractivity contribution in [3.8, 4) is 0 Å². The van der Waals surface area contributed by atoms with Crippen molar-refractivity contribution in [2.45, 2.75) is 0 Å². The van der Waals surface area contributed by atoms with Crippen molar-refractivity contribution in [2.24, 2.45) is 0 Å². The third-order valence-electron chi connectivity index (χ3n) is 1.94. The second-order valence-electron chi connectivity index (χ2n) is 3.08. The number of imide groups is 1. The first-order valence-corrected chi connectivity index (χ1v) is 4.27. The molecule has 1 aliphatic rings. The smallest absolute Gasteiger partial charge is 0.305 e. The predicted octanol–water partition coefficient (Wildman–Crippen LogP) is -1.19. The lowest BCUT2D eigenvalue weighted by atomic mass is 10.3. The summed E-state index contributed by atoms with van der Waals surface area (Å²) in [4.78, 5) is 38.5. The van der Waals surface area contributed by atoms with Crippen molar-refractivity contribution in [3.05, 3.63) is 18.7 Å². The summed E-state index contributed by atoms with van der Waals surface area (Å²) >= 11 is 0. The van der Waals surface area contributed by atoms with Crippen LogP contribution >= 0.6 is 0 Å². The average Bonchev–Trinajstić information content (AvgIpc) is 2.67. The zero-order valence-electron chi connectivity index (χ0n) is 7.71. The molecular formula is C8H8N4O3. The van der Waals surface area contributed by atoms with Gasteiger partial charge >= 0.3 is 6.03 Å². The van der Waals surface area contributed by atoms with Crippen LogP contribution in [-0.2, 0) is 9.59 Å². The molecule has 7 nitrogen and oxygen atoms in total. The number of amides is 3. The molecule has 0 aromatic carbocycles. The summed E-state index contributed by atoms with van der Waals surface area (Å²) in [6.45, 7) is -0.217. The van der Waals surface area contributed by atoms with Gasteiger partial charge in [-0.15, -0.1) is 0 Å². The maximum Gasteiger partial charge on any atom is 0.330 e. The Hall–Kier alpha value is -2.18. The first-order chi connectivity index (χ1) is 7.16. The number of imidazole rings is 1. The number of carbonyl (C=O) groups excluding carboxylic acids is 3. The van der Waals surface area contributed by atoms with Crippen LogP contribution < -0.4 is 5.32 Å². The molecule has 1 N–H and O–H groups in total. The highest BCUT2D eigenvalue weighted by Gasteiger charge is 2.26. The van der Waals surface area contributed by atoms with Crippen molar-refractivity contribution in [1.29, 1.82) is 0 Å².